The molecule has 0 radical (unpaired) electrons. The number of fused-ring (bicyclic) bond motifs is 3. The number of rotatable bonds is 4. The molecule has 1 aromatic heterocycles. The Labute approximate surface area is 176 Å². The number of nitrogens with zero attached hydrogens (tertiary/aromatic N) is 1. The average molecular weight is 458 g/mol. The molecule has 0 amide bonds. The summed E-state index contributed by atoms with van der Waals surface area (Å²) in [7, 11) is 0. The number of hydrogen-bond donors (Lipinski definition) is 0. The second-order valence-electron chi connectivity index (χ2n) is 7.30. The minimum Gasteiger partial charge on any atom is -0.478 e. The van der Waals surface area contributed by atoms with Gasteiger partial charge in [-0.2, -0.15) is 0 Å². The van der Waals surface area contributed by atoms with E-state index in [0.29, 0.717) is 30.0 Å². The van der Waals surface area contributed by atoms with Crippen LogP contribution in [0.2, 0.25) is 0 Å². The van der Waals surface area contributed by atoms with Crippen molar-refractivity contribution in [2.45, 2.75) is 25.5 Å². The highest BCUT2D eigenvalue weighted by molar-refractivity contribution is 9.10. The SMILES string of the molecule is O=c1c(Oc2ccccc2Br)coc2c3c(ccc12)OCN(CC1CCCO1)C3. The predicted octanol–water partition coefficient (Wildman–Crippen LogP) is 4.68. The summed E-state index contributed by atoms with van der Waals surface area (Å²) in [4.78, 5) is 15.2. The lowest BCUT2D eigenvalue weighted by molar-refractivity contribution is 0.0281. The van der Waals surface area contributed by atoms with E-state index < -0.39 is 0 Å². The van der Waals surface area contributed by atoms with Crippen molar-refractivity contribution < 1.29 is 18.6 Å². The van der Waals surface area contributed by atoms with E-state index in [1.807, 2.05) is 24.3 Å². The number of ether oxygens (including phenoxy) is 3. The Morgan fingerprint density at radius 1 is 1.17 bits per heavy atom. The van der Waals surface area contributed by atoms with Gasteiger partial charge in [0.2, 0.25) is 11.2 Å². The van der Waals surface area contributed by atoms with Crippen LogP contribution in [0.5, 0.6) is 17.2 Å². The molecular formula is C22H20BrNO5. The lowest BCUT2D eigenvalue weighted by Gasteiger charge is -2.30. The largest absolute Gasteiger partial charge is 0.478 e. The van der Waals surface area contributed by atoms with E-state index >= 15 is 0 Å². The summed E-state index contributed by atoms with van der Waals surface area (Å²) in [5, 5.41) is 0.482. The molecule has 7 heteroatoms. The highest BCUT2D eigenvalue weighted by Gasteiger charge is 2.26. The number of benzene rings is 2. The number of halogens is 1. The number of hydrogen-bond acceptors (Lipinski definition) is 6. The first-order valence-electron chi connectivity index (χ1n) is 9.65. The van der Waals surface area contributed by atoms with Crippen molar-refractivity contribution in [3.63, 3.8) is 0 Å². The fraction of sp³-hybridized carbons (Fsp3) is 0.318. The monoisotopic (exact) mass is 457 g/mol. The quantitative estimate of drug-likeness (QED) is 0.566. The van der Waals surface area contributed by atoms with Crippen molar-refractivity contribution in [2.24, 2.45) is 0 Å². The Balaban J connectivity index is 1.46. The van der Waals surface area contributed by atoms with Gasteiger partial charge in [-0.25, -0.2) is 0 Å². The zero-order valence-electron chi connectivity index (χ0n) is 15.7. The Morgan fingerprint density at radius 2 is 2.07 bits per heavy atom. The molecule has 2 aliphatic rings. The Morgan fingerprint density at radius 3 is 2.90 bits per heavy atom. The highest BCUT2D eigenvalue weighted by Crippen LogP contribution is 2.34. The van der Waals surface area contributed by atoms with Crippen LogP contribution in [0, 0.1) is 0 Å². The molecular weight excluding hydrogens is 438 g/mol. The third-order valence-corrected chi connectivity index (χ3v) is 5.95. The van der Waals surface area contributed by atoms with Crippen molar-refractivity contribution in [1.29, 1.82) is 0 Å². The van der Waals surface area contributed by atoms with E-state index in [1.165, 1.54) is 6.26 Å². The standard InChI is InChI=1S/C22H20BrNO5/c23-17-5-1-2-6-19(17)29-20-12-27-22-15(21(20)25)7-8-18-16(22)11-24(13-28-18)10-14-4-3-9-26-14/h1-2,5-8,12,14H,3-4,9-11,13H2. The first-order valence-corrected chi connectivity index (χ1v) is 10.4. The van der Waals surface area contributed by atoms with Gasteiger partial charge in [-0.05, 0) is 53.0 Å². The van der Waals surface area contributed by atoms with E-state index in [9.17, 15) is 4.79 Å². The van der Waals surface area contributed by atoms with Gasteiger partial charge in [0.05, 0.1) is 21.5 Å². The molecule has 2 aromatic carbocycles. The summed E-state index contributed by atoms with van der Waals surface area (Å²) < 4.78 is 24.1. The lowest BCUT2D eigenvalue weighted by Crippen LogP contribution is -2.37. The Kier molecular flexibility index (Phi) is 5.03. The van der Waals surface area contributed by atoms with Crippen molar-refractivity contribution in [1.82, 2.24) is 4.90 Å². The van der Waals surface area contributed by atoms with Crippen LogP contribution in [0.3, 0.4) is 0 Å². The average Bonchev–Trinajstić information content (AvgIpc) is 3.24. The van der Waals surface area contributed by atoms with Crippen molar-refractivity contribution in [3.05, 3.63) is 62.9 Å². The summed E-state index contributed by atoms with van der Waals surface area (Å²) in [6, 6.07) is 10.9. The third-order valence-electron chi connectivity index (χ3n) is 5.30. The van der Waals surface area contributed by atoms with Gasteiger partial charge in [0.25, 0.3) is 0 Å². The molecule has 0 aliphatic carbocycles. The fourth-order valence-corrected chi connectivity index (χ4v) is 4.21. The van der Waals surface area contributed by atoms with Gasteiger partial charge in [-0.3, -0.25) is 9.69 Å². The first kappa shape index (κ1) is 18.7. The lowest BCUT2D eigenvalue weighted by atomic mass is 10.1. The molecule has 3 aromatic rings. The summed E-state index contributed by atoms with van der Waals surface area (Å²) in [6.45, 7) is 2.79. The molecule has 6 nitrogen and oxygen atoms in total. The first-order chi connectivity index (χ1) is 14.2. The summed E-state index contributed by atoms with van der Waals surface area (Å²) in [5.74, 6) is 1.46. The molecule has 0 bridgehead atoms. The van der Waals surface area contributed by atoms with E-state index in [4.69, 9.17) is 18.6 Å². The van der Waals surface area contributed by atoms with Gasteiger partial charge in [-0.15, -0.1) is 0 Å². The van der Waals surface area contributed by atoms with Gasteiger partial charge in [0, 0.05) is 19.7 Å². The van der Waals surface area contributed by atoms with Crippen LogP contribution < -0.4 is 14.9 Å². The Bertz CT molecular complexity index is 1110. The molecule has 150 valence electrons. The van der Waals surface area contributed by atoms with Gasteiger partial charge in [-0.1, -0.05) is 12.1 Å². The van der Waals surface area contributed by atoms with Crippen LogP contribution in [-0.2, 0) is 11.3 Å². The topological polar surface area (TPSA) is 61.1 Å². The zero-order valence-corrected chi connectivity index (χ0v) is 17.3. The molecule has 5 rings (SSSR count). The van der Waals surface area contributed by atoms with Crippen molar-refractivity contribution in [3.8, 4) is 17.2 Å². The van der Waals surface area contributed by atoms with Gasteiger partial charge >= 0.3 is 0 Å². The fourth-order valence-electron chi connectivity index (χ4n) is 3.85. The second kappa shape index (κ2) is 7.82. The predicted molar refractivity (Wildman–Crippen MR) is 112 cm³/mol. The summed E-state index contributed by atoms with van der Waals surface area (Å²) in [6.07, 6.45) is 3.80. The van der Waals surface area contributed by atoms with E-state index in [-0.39, 0.29) is 17.3 Å². The smallest absolute Gasteiger partial charge is 0.235 e. The summed E-state index contributed by atoms with van der Waals surface area (Å²) in [5.41, 5.74) is 1.22. The highest BCUT2D eigenvalue weighted by atomic mass is 79.9. The minimum atomic E-state index is -0.207. The van der Waals surface area contributed by atoms with Gasteiger partial charge in [0.1, 0.15) is 30.1 Å². The van der Waals surface area contributed by atoms with Crippen molar-refractivity contribution in [2.75, 3.05) is 19.9 Å². The maximum Gasteiger partial charge on any atom is 0.235 e. The maximum atomic E-state index is 13.0. The molecule has 3 heterocycles. The molecule has 2 aliphatic heterocycles. The van der Waals surface area contributed by atoms with Crippen molar-refractivity contribution >= 4 is 26.9 Å². The van der Waals surface area contributed by atoms with Gasteiger partial charge in [0.15, 0.2) is 0 Å². The summed E-state index contributed by atoms with van der Waals surface area (Å²) >= 11 is 3.43. The van der Waals surface area contributed by atoms with Crippen LogP contribution in [0.4, 0.5) is 0 Å². The van der Waals surface area contributed by atoms with Crippen LogP contribution in [0.15, 0.2) is 56.3 Å². The molecule has 1 saturated heterocycles. The second-order valence-corrected chi connectivity index (χ2v) is 8.15. The van der Waals surface area contributed by atoms with Crippen LogP contribution in [-0.4, -0.2) is 30.9 Å². The molecule has 1 atom stereocenters. The van der Waals surface area contributed by atoms with E-state index in [2.05, 4.69) is 20.8 Å². The van der Waals surface area contributed by atoms with Crippen LogP contribution in [0.1, 0.15) is 18.4 Å². The minimum absolute atomic E-state index is 0.150. The molecule has 29 heavy (non-hydrogen) atoms. The zero-order chi connectivity index (χ0) is 19.8. The molecule has 1 unspecified atom stereocenters. The van der Waals surface area contributed by atoms with E-state index in [1.54, 1.807) is 12.1 Å². The van der Waals surface area contributed by atoms with Crippen LogP contribution in [0.25, 0.3) is 11.0 Å². The molecule has 1 fully saturated rings. The Hall–Kier alpha value is -2.35. The number of para-hydroxylation sites is 1. The third kappa shape index (κ3) is 3.66. The van der Waals surface area contributed by atoms with Gasteiger partial charge < -0.3 is 18.6 Å². The normalized spacial score (nSPS) is 19.1. The molecule has 0 N–H and O–H groups in total. The van der Waals surface area contributed by atoms with Crippen LogP contribution >= 0.6 is 15.9 Å². The maximum absolute atomic E-state index is 13.0. The van der Waals surface area contributed by atoms with E-state index in [0.717, 1.165) is 41.8 Å². The molecule has 0 spiro atoms. The molecule has 0 saturated carbocycles.